The Balaban J connectivity index is 1.97. The zero-order valence-electron chi connectivity index (χ0n) is 19.2. The van der Waals surface area contributed by atoms with Crippen molar-refractivity contribution in [2.75, 3.05) is 0 Å². The van der Waals surface area contributed by atoms with Crippen LogP contribution in [0.3, 0.4) is 0 Å². The summed E-state index contributed by atoms with van der Waals surface area (Å²) in [7, 11) is 0. The summed E-state index contributed by atoms with van der Waals surface area (Å²) in [6, 6.07) is 2.63. The molecular formula is C25H26F8O2. The molecule has 0 amide bonds. The number of hydrogen-bond donors (Lipinski definition) is 1. The molecule has 3 rings (SSSR count). The lowest BCUT2D eigenvalue weighted by molar-refractivity contribution is -0.194. The largest absolute Gasteiger partial charge is 0.429 e. The highest BCUT2D eigenvalue weighted by Crippen LogP contribution is 2.46. The fourth-order valence-electron chi connectivity index (χ4n) is 4.71. The minimum atomic E-state index is -5.38. The molecule has 10 heteroatoms. The first-order chi connectivity index (χ1) is 16.3. The third-order valence-corrected chi connectivity index (χ3v) is 6.51. The van der Waals surface area contributed by atoms with Crippen LogP contribution in [-0.2, 0) is 12.3 Å². The topological polar surface area (TPSA) is 29.5 Å². The second kappa shape index (κ2) is 10.3. The Kier molecular flexibility index (Phi) is 8.03. The van der Waals surface area contributed by atoms with Crippen molar-refractivity contribution >= 4 is 0 Å². The van der Waals surface area contributed by atoms with Gasteiger partial charge in [-0.3, -0.25) is 0 Å². The zero-order chi connectivity index (χ0) is 26.1. The molecule has 0 aromatic heterocycles. The van der Waals surface area contributed by atoms with E-state index in [1.165, 1.54) is 0 Å². The van der Waals surface area contributed by atoms with E-state index in [-0.39, 0.29) is 5.56 Å². The lowest BCUT2D eigenvalue weighted by atomic mass is 9.77. The molecule has 35 heavy (non-hydrogen) atoms. The van der Waals surface area contributed by atoms with Gasteiger partial charge in [-0.15, -0.1) is 0 Å². The van der Waals surface area contributed by atoms with E-state index in [2.05, 4.69) is 4.74 Å². The SMILES string of the molecule is CCCC1CCC(c2ccc(OC(F)(F)c3ccc(C(C)O)c(F)c3F)c(C(F)(F)F)c2F)CC1. The molecule has 1 unspecified atom stereocenters. The third kappa shape index (κ3) is 5.73. The average Bonchev–Trinajstić information content (AvgIpc) is 2.75. The summed E-state index contributed by atoms with van der Waals surface area (Å²) in [6.45, 7) is 3.10. The van der Waals surface area contributed by atoms with Gasteiger partial charge in [0.25, 0.3) is 0 Å². The molecule has 2 aromatic rings. The van der Waals surface area contributed by atoms with Gasteiger partial charge in [0.1, 0.15) is 22.7 Å². The predicted molar refractivity (Wildman–Crippen MR) is 113 cm³/mol. The van der Waals surface area contributed by atoms with Gasteiger partial charge in [-0.05, 0) is 62.1 Å². The van der Waals surface area contributed by atoms with Crippen molar-refractivity contribution < 1.29 is 45.0 Å². The summed E-state index contributed by atoms with van der Waals surface area (Å²) in [6.07, 6.45) is -7.35. The van der Waals surface area contributed by atoms with Gasteiger partial charge < -0.3 is 9.84 Å². The van der Waals surface area contributed by atoms with Crippen LogP contribution in [0.5, 0.6) is 5.75 Å². The second-order valence-corrected chi connectivity index (χ2v) is 8.97. The minimum Gasteiger partial charge on any atom is -0.428 e. The zero-order valence-corrected chi connectivity index (χ0v) is 19.2. The van der Waals surface area contributed by atoms with Crippen LogP contribution in [0.15, 0.2) is 24.3 Å². The van der Waals surface area contributed by atoms with E-state index in [0.717, 1.165) is 38.7 Å². The lowest BCUT2D eigenvalue weighted by Gasteiger charge is -2.30. The molecule has 2 aromatic carbocycles. The second-order valence-electron chi connectivity index (χ2n) is 8.97. The lowest BCUT2D eigenvalue weighted by Crippen LogP contribution is -2.27. The molecule has 1 aliphatic carbocycles. The van der Waals surface area contributed by atoms with Gasteiger partial charge in [0.05, 0.1) is 6.10 Å². The monoisotopic (exact) mass is 510 g/mol. The molecule has 0 heterocycles. The van der Waals surface area contributed by atoms with Crippen molar-refractivity contribution in [2.24, 2.45) is 5.92 Å². The first-order valence-corrected chi connectivity index (χ1v) is 11.4. The van der Waals surface area contributed by atoms with Crippen LogP contribution in [0.25, 0.3) is 0 Å². The minimum absolute atomic E-state index is 0.235. The fraction of sp³-hybridized carbons (Fsp3) is 0.520. The molecule has 0 aliphatic heterocycles. The molecule has 0 radical (unpaired) electrons. The van der Waals surface area contributed by atoms with Crippen LogP contribution >= 0.6 is 0 Å². The van der Waals surface area contributed by atoms with Crippen LogP contribution in [0.2, 0.25) is 0 Å². The van der Waals surface area contributed by atoms with E-state index >= 15 is 4.39 Å². The molecule has 0 spiro atoms. The average molecular weight is 510 g/mol. The first-order valence-electron chi connectivity index (χ1n) is 11.4. The van der Waals surface area contributed by atoms with Crippen molar-refractivity contribution in [2.45, 2.75) is 76.7 Å². The Morgan fingerprint density at radius 1 is 0.914 bits per heavy atom. The first kappa shape index (κ1) is 27.2. The Morgan fingerprint density at radius 3 is 2.09 bits per heavy atom. The predicted octanol–water partition coefficient (Wildman–Crippen LogP) is 8.38. The van der Waals surface area contributed by atoms with E-state index in [0.29, 0.717) is 37.0 Å². The van der Waals surface area contributed by atoms with E-state index in [1.807, 2.05) is 6.92 Å². The molecule has 1 saturated carbocycles. The van der Waals surface area contributed by atoms with E-state index in [9.17, 15) is 35.8 Å². The third-order valence-electron chi connectivity index (χ3n) is 6.51. The van der Waals surface area contributed by atoms with Gasteiger partial charge in [0.2, 0.25) is 0 Å². The number of aliphatic hydroxyl groups excluding tert-OH is 1. The van der Waals surface area contributed by atoms with E-state index in [4.69, 9.17) is 0 Å². The highest BCUT2D eigenvalue weighted by molar-refractivity contribution is 5.43. The molecule has 194 valence electrons. The Hall–Kier alpha value is -2.36. The number of halogens is 8. The van der Waals surface area contributed by atoms with Crippen LogP contribution in [0.1, 0.15) is 86.6 Å². The maximum atomic E-state index is 15.1. The standard InChI is InChI=1S/C25H26F8O2/c1-3-4-14-5-7-15(8-6-14)17-10-12-19(20(21(17)26)24(29,30)31)35-25(32,33)18-11-9-16(13(2)34)22(27)23(18)28/h9-15,34H,3-8H2,1-2H3. The number of rotatable bonds is 7. The van der Waals surface area contributed by atoms with Gasteiger partial charge in [-0.25, -0.2) is 13.2 Å². The fourth-order valence-corrected chi connectivity index (χ4v) is 4.71. The molecule has 1 aliphatic rings. The number of hydrogen-bond acceptors (Lipinski definition) is 2. The van der Waals surface area contributed by atoms with E-state index < -0.39 is 64.2 Å². The highest BCUT2D eigenvalue weighted by Gasteiger charge is 2.45. The summed E-state index contributed by atoms with van der Waals surface area (Å²) < 4.78 is 118. The Labute approximate surface area is 197 Å². The van der Waals surface area contributed by atoms with Gasteiger partial charge in [-0.1, -0.05) is 31.9 Å². The maximum Gasteiger partial charge on any atom is 0.429 e. The van der Waals surface area contributed by atoms with Crippen molar-refractivity contribution in [1.82, 2.24) is 0 Å². The quantitative estimate of drug-likeness (QED) is 0.379. The van der Waals surface area contributed by atoms with Gasteiger partial charge in [0, 0.05) is 5.56 Å². The van der Waals surface area contributed by atoms with Crippen LogP contribution in [0.4, 0.5) is 35.1 Å². The van der Waals surface area contributed by atoms with E-state index in [1.54, 1.807) is 0 Å². The number of aliphatic hydroxyl groups is 1. The van der Waals surface area contributed by atoms with Gasteiger partial charge in [-0.2, -0.15) is 22.0 Å². The summed E-state index contributed by atoms with van der Waals surface area (Å²) in [5, 5.41) is 9.40. The Morgan fingerprint density at radius 2 is 1.54 bits per heavy atom. The molecular weight excluding hydrogens is 484 g/mol. The van der Waals surface area contributed by atoms with Crippen LogP contribution in [0, 0.1) is 23.4 Å². The normalized spacial score (nSPS) is 20.1. The summed E-state index contributed by atoms with van der Waals surface area (Å²) >= 11 is 0. The summed E-state index contributed by atoms with van der Waals surface area (Å²) in [4.78, 5) is 0. The van der Waals surface area contributed by atoms with Crippen molar-refractivity contribution in [3.05, 3.63) is 64.0 Å². The number of benzene rings is 2. The molecule has 1 fully saturated rings. The molecule has 1 atom stereocenters. The summed E-state index contributed by atoms with van der Waals surface area (Å²) in [5.41, 5.74) is -4.57. The maximum absolute atomic E-state index is 15.1. The molecule has 1 N–H and O–H groups in total. The molecule has 0 bridgehead atoms. The van der Waals surface area contributed by atoms with Crippen LogP contribution < -0.4 is 4.74 Å². The van der Waals surface area contributed by atoms with Crippen molar-refractivity contribution in [1.29, 1.82) is 0 Å². The van der Waals surface area contributed by atoms with Crippen molar-refractivity contribution in [3.63, 3.8) is 0 Å². The molecule has 0 saturated heterocycles. The van der Waals surface area contributed by atoms with Crippen molar-refractivity contribution in [3.8, 4) is 5.75 Å². The molecule has 2 nitrogen and oxygen atoms in total. The number of alkyl halides is 5. The van der Waals surface area contributed by atoms with Gasteiger partial charge in [0.15, 0.2) is 11.6 Å². The van der Waals surface area contributed by atoms with Crippen LogP contribution in [-0.4, -0.2) is 5.11 Å². The highest BCUT2D eigenvalue weighted by atomic mass is 19.4. The number of ether oxygens (including phenoxy) is 1. The Bertz CT molecular complexity index is 1040. The van der Waals surface area contributed by atoms with Gasteiger partial charge >= 0.3 is 12.3 Å². The smallest absolute Gasteiger partial charge is 0.428 e. The summed E-state index contributed by atoms with van der Waals surface area (Å²) in [5.74, 6) is -7.22.